The third-order valence-corrected chi connectivity index (χ3v) is 6.58. The van der Waals surface area contributed by atoms with E-state index in [4.69, 9.17) is 0 Å². The average molecular weight is 347 g/mol. The van der Waals surface area contributed by atoms with Crippen LogP contribution in [-0.4, -0.2) is 35.4 Å². The molecule has 0 amide bonds. The van der Waals surface area contributed by atoms with Crippen LogP contribution < -0.4 is 0 Å². The molecular formula is C18H25N3O2S. The van der Waals surface area contributed by atoms with Gasteiger partial charge in [-0.25, -0.2) is 13.4 Å². The first-order valence-electron chi connectivity index (χ1n) is 8.50. The second kappa shape index (κ2) is 7.07. The van der Waals surface area contributed by atoms with Gasteiger partial charge in [0.1, 0.15) is 0 Å². The van der Waals surface area contributed by atoms with Gasteiger partial charge in [-0.2, -0.15) is 4.31 Å². The van der Waals surface area contributed by atoms with Gasteiger partial charge in [-0.1, -0.05) is 17.7 Å². The molecule has 0 bridgehead atoms. The number of aryl methyl sites for hydroxylation is 3. The molecule has 1 saturated heterocycles. The number of imidazole rings is 1. The summed E-state index contributed by atoms with van der Waals surface area (Å²) < 4.78 is 29.4. The maximum atomic E-state index is 12.8. The Hall–Kier alpha value is -1.66. The zero-order valence-electron chi connectivity index (χ0n) is 14.4. The topological polar surface area (TPSA) is 55.2 Å². The molecule has 1 aliphatic rings. The molecule has 3 rings (SSSR count). The van der Waals surface area contributed by atoms with E-state index in [0.29, 0.717) is 23.9 Å². The Bertz CT molecular complexity index is 781. The SMILES string of the molecule is Cc1ccc(S(=O)(=O)N2CCC[C@@H](CCn3cnc(C)c3)C2)cc1. The van der Waals surface area contributed by atoms with Crippen molar-refractivity contribution in [3.63, 3.8) is 0 Å². The molecular weight excluding hydrogens is 322 g/mol. The van der Waals surface area contributed by atoms with Crippen LogP contribution in [0.25, 0.3) is 0 Å². The highest BCUT2D eigenvalue weighted by Gasteiger charge is 2.29. The van der Waals surface area contributed by atoms with Gasteiger partial charge in [0.15, 0.2) is 0 Å². The van der Waals surface area contributed by atoms with Gasteiger partial charge in [0.2, 0.25) is 10.0 Å². The summed E-state index contributed by atoms with van der Waals surface area (Å²) in [5, 5.41) is 0. The van der Waals surface area contributed by atoms with Crippen LogP contribution in [0.15, 0.2) is 41.7 Å². The molecule has 1 atom stereocenters. The van der Waals surface area contributed by atoms with Gasteiger partial charge in [0.25, 0.3) is 0 Å². The third kappa shape index (κ3) is 3.87. The Labute approximate surface area is 144 Å². The lowest BCUT2D eigenvalue weighted by Crippen LogP contribution is -2.40. The van der Waals surface area contributed by atoms with Gasteiger partial charge < -0.3 is 4.57 Å². The predicted molar refractivity (Wildman–Crippen MR) is 94.2 cm³/mol. The van der Waals surface area contributed by atoms with E-state index in [1.165, 1.54) is 0 Å². The third-order valence-electron chi connectivity index (χ3n) is 4.70. The minimum Gasteiger partial charge on any atom is -0.337 e. The molecule has 2 aromatic rings. The molecule has 1 fully saturated rings. The number of nitrogens with zero attached hydrogens (tertiary/aromatic N) is 3. The molecule has 1 aromatic carbocycles. The van der Waals surface area contributed by atoms with Crippen molar-refractivity contribution in [2.75, 3.05) is 13.1 Å². The molecule has 0 aliphatic carbocycles. The Kier molecular flexibility index (Phi) is 5.06. The largest absolute Gasteiger partial charge is 0.337 e. The van der Waals surface area contributed by atoms with Crippen LogP contribution in [0.1, 0.15) is 30.5 Å². The molecule has 0 unspecified atom stereocenters. The number of aromatic nitrogens is 2. The summed E-state index contributed by atoms with van der Waals surface area (Å²) in [5.41, 5.74) is 2.09. The van der Waals surface area contributed by atoms with E-state index >= 15 is 0 Å². The fourth-order valence-electron chi connectivity index (χ4n) is 3.27. The van der Waals surface area contributed by atoms with Gasteiger partial charge in [0.05, 0.1) is 16.9 Å². The summed E-state index contributed by atoms with van der Waals surface area (Å²) in [7, 11) is -3.38. The average Bonchev–Trinajstić information content (AvgIpc) is 2.99. The van der Waals surface area contributed by atoms with E-state index in [1.807, 2.05) is 38.5 Å². The summed E-state index contributed by atoms with van der Waals surface area (Å²) in [6.45, 7) is 6.07. The Balaban J connectivity index is 1.65. The molecule has 0 radical (unpaired) electrons. The molecule has 0 N–H and O–H groups in total. The summed E-state index contributed by atoms with van der Waals surface area (Å²) in [4.78, 5) is 4.64. The number of piperidine rings is 1. The smallest absolute Gasteiger partial charge is 0.243 e. The molecule has 1 aromatic heterocycles. The van der Waals surface area contributed by atoms with Crippen LogP contribution in [0, 0.1) is 19.8 Å². The van der Waals surface area contributed by atoms with Crippen molar-refractivity contribution in [3.8, 4) is 0 Å². The lowest BCUT2D eigenvalue weighted by atomic mass is 9.96. The normalized spacial score (nSPS) is 19.5. The van der Waals surface area contributed by atoms with Crippen molar-refractivity contribution in [3.05, 3.63) is 48.0 Å². The van der Waals surface area contributed by atoms with Gasteiger partial charge >= 0.3 is 0 Å². The van der Waals surface area contributed by atoms with Gasteiger partial charge in [0, 0.05) is 25.8 Å². The van der Waals surface area contributed by atoms with Gasteiger partial charge in [-0.3, -0.25) is 0 Å². The van der Waals surface area contributed by atoms with Crippen molar-refractivity contribution in [2.24, 2.45) is 5.92 Å². The number of sulfonamides is 1. The van der Waals surface area contributed by atoms with Crippen molar-refractivity contribution in [1.29, 1.82) is 0 Å². The second-order valence-electron chi connectivity index (χ2n) is 6.73. The maximum absolute atomic E-state index is 12.8. The minimum atomic E-state index is -3.38. The van der Waals surface area contributed by atoms with Crippen LogP contribution in [0.3, 0.4) is 0 Å². The number of hydrogen-bond acceptors (Lipinski definition) is 3. The standard InChI is InChI=1S/C18H25N3O2S/c1-15-5-7-18(8-6-15)24(22,23)21-10-3-4-17(13-21)9-11-20-12-16(2)19-14-20/h5-8,12,14,17H,3-4,9-11,13H2,1-2H3/t17-/m0/s1. The van der Waals surface area contributed by atoms with Crippen molar-refractivity contribution >= 4 is 10.0 Å². The molecule has 2 heterocycles. The van der Waals surface area contributed by atoms with Crippen molar-refractivity contribution in [1.82, 2.24) is 13.9 Å². The first kappa shape index (κ1) is 17.2. The molecule has 130 valence electrons. The summed E-state index contributed by atoms with van der Waals surface area (Å²) in [5.74, 6) is 0.404. The molecule has 6 heteroatoms. The number of rotatable bonds is 5. The van der Waals surface area contributed by atoms with Crippen LogP contribution in [0.2, 0.25) is 0 Å². The molecule has 1 aliphatic heterocycles. The van der Waals surface area contributed by atoms with E-state index in [1.54, 1.807) is 16.4 Å². The fraction of sp³-hybridized carbons (Fsp3) is 0.500. The fourth-order valence-corrected chi connectivity index (χ4v) is 4.82. The Morgan fingerprint density at radius 1 is 1.21 bits per heavy atom. The quantitative estimate of drug-likeness (QED) is 0.835. The van der Waals surface area contributed by atoms with E-state index in [-0.39, 0.29) is 0 Å². The predicted octanol–water partition coefficient (Wildman–Crippen LogP) is 2.99. The first-order valence-corrected chi connectivity index (χ1v) is 9.94. The minimum absolute atomic E-state index is 0.402. The van der Waals surface area contributed by atoms with E-state index in [0.717, 1.165) is 37.1 Å². The number of benzene rings is 1. The van der Waals surface area contributed by atoms with Crippen molar-refractivity contribution in [2.45, 2.75) is 44.6 Å². The van der Waals surface area contributed by atoms with E-state index < -0.39 is 10.0 Å². The Morgan fingerprint density at radius 2 is 1.96 bits per heavy atom. The van der Waals surface area contributed by atoms with Gasteiger partial charge in [-0.05, 0) is 51.2 Å². The summed E-state index contributed by atoms with van der Waals surface area (Å²) >= 11 is 0. The highest BCUT2D eigenvalue weighted by Crippen LogP contribution is 2.26. The molecule has 0 saturated carbocycles. The zero-order valence-corrected chi connectivity index (χ0v) is 15.2. The first-order chi connectivity index (χ1) is 11.4. The lowest BCUT2D eigenvalue weighted by molar-refractivity contribution is 0.249. The Morgan fingerprint density at radius 3 is 2.62 bits per heavy atom. The summed E-state index contributed by atoms with van der Waals surface area (Å²) in [6.07, 6.45) is 6.88. The maximum Gasteiger partial charge on any atom is 0.243 e. The van der Waals surface area contributed by atoms with Crippen molar-refractivity contribution < 1.29 is 8.42 Å². The van der Waals surface area contributed by atoms with E-state index in [9.17, 15) is 8.42 Å². The molecule has 5 nitrogen and oxygen atoms in total. The monoisotopic (exact) mass is 347 g/mol. The number of hydrogen-bond donors (Lipinski definition) is 0. The van der Waals surface area contributed by atoms with Crippen LogP contribution in [0.5, 0.6) is 0 Å². The molecule has 0 spiro atoms. The zero-order chi connectivity index (χ0) is 17.2. The highest BCUT2D eigenvalue weighted by atomic mass is 32.2. The van der Waals surface area contributed by atoms with E-state index in [2.05, 4.69) is 9.55 Å². The highest BCUT2D eigenvalue weighted by molar-refractivity contribution is 7.89. The van der Waals surface area contributed by atoms with Crippen LogP contribution >= 0.6 is 0 Å². The molecule has 24 heavy (non-hydrogen) atoms. The van der Waals surface area contributed by atoms with Crippen LogP contribution in [0.4, 0.5) is 0 Å². The van der Waals surface area contributed by atoms with Gasteiger partial charge in [-0.15, -0.1) is 0 Å². The second-order valence-corrected chi connectivity index (χ2v) is 8.66. The van der Waals surface area contributed by atoms with Crippen LogP contribution in [-0.2, 0) is 16.6 Å². The summed E-state index contributed by atoms with van der Waals surface area (Å²) in [6, 6.07) is 7.14. The lowest BCUT2D eigenvalue weighted by Gasteiger charge is -2.32.